The van der Waals surface area contributed by atoms with Gasteiger partial charge in [-0.2, -0.15) is 15.0 Å². The summed E-state index contributed by atoms with van der Waals surface area (Å²) in [6, 6.07) is 13.0. The van der Waals surface area contributed by atoms with Crippen molar-refractivity contribution < 1.29 is 28.7 Å². The summed E-state index contributed by atoms with van der Waals surface area (Å²) in [4.78, 5) is 59.3. The summed E-state index contributed by atoms with van der Waals surface area (Å²) in [6.07, 6.45) is -1.86. The number of ether oxygens (including phenoxy) is 2. The van der Waals surface area contributed by atoms with Crippen molar-refractivity contribution in [2.24, 2.45) is 4.99 Å². The Morgan fingerprint density at radius 3 is 2.27 bits per heavy atom. The van der Waals surface area contributed by atoms with Gasteiger partial charge in [-0.1, -0.05) is 55.5 Å². The van der Waals surface area contributed by atoms with Gasteiger partial charge in [0.2, 0.25) is 5.82 Å². The molecule has 0 aliphatic carbocycles. The predicted octanol–water partition coefficient (Wildman–Crippen LogP) is 3.04. The van der Waals surface area contributed by atoms with Gasteiger partial charge in [0.25, 0.3) is 5.91 Å². The van der Waals surface area contributed by atoms with E-state index >= 15 is 0 Å². The molecule has 2 atom stereocenters. The molecule has 5 amide bonds. The van der Waals surface area contributed by atoms with Crippen LogP contribution < -0.4 is 0 Å². The fourth-order valence-corrected chi connectivity index (χ4v) is 5.15. The number of nitrogens with one attached hydrogen (secondary N) is 1. The van der Waals surface area contributed by atoms with E-state index in [0.717, 1.165) is 36.5 Å². The van der Waals surface area contributed by atoms with E-state index in [2.05, 4.69) is 30.4 Å². The molecule has 3 aromatic rings. The van der Waals surface area contributed by atoms with Gasteiger partial charge < -0.3 is 14.4 Å². The Kier molecular flexibility index (Phi) is 6.75. The second kappa shape index (κ2) is 10.2. The molecule has 2 unspecified atom stereocenters. The first kappa shape index (κ1) is 26.5. The van der Waals surface area contributed by atoms with Crippen molar-refractivity contribution in [1.29, 1.82) is 0 Å². The third-order valence-corrected chi connectivity index (χ3v) is 6.97. The third-order valence-electron chi connectivity index (χ3n) is 6.97. The van der Waals surface area contributed by atoms with Gasteiger partial charge in [0.1, 0.15) is 5.84 Å². The van der Waals surface area contributed by atoms with Crippen LogP contribution in [0.15, 0.2) is 53.5 Å². The van der Waals surface area contributed by atoms with E-state index in [1.807, 2.05) is 55.5 Å². The van der Waals surface area contributed by atoms with Crippen molar-refractivity contribution in [3.05, 3.63) is 54.1 Å². The molecule has 0 bridgehead atoms. The van der Waals surface area contributed by atoms with Crippen LogP contribution in [0.1, 0.15) is 25.8 Å². The molecule has 3 heterocycles. The first-order valence-electron chi connectivity index (χ1n) is 12.4. The number of aliphatic imine (C=N–C) groups is 1. The maximum atomic E-state index is 13.6. The standard InChI is InChI=1S/C26H26N8O6/c1-5-19-27-26(2)20(22(35)33(24(37)39-3)23(36)34(26)25(38)40-4)32(19)14-15-10-12-16(13-11-15)17-8-6-7-9-18(17)21-28-30-31-29-21/h6-13,20H,5,14H2,1-4H3,(H,28,29,30,31). The maximum Gasteiger partial charge on any atom is 0.424 e. The number of amidine groups is 1. The highest BCUT2D eigenvalue weighted by molar-refractivity contribution is 6.17. The number of carbonyl (C=O) groups excluding carboxylic acids is 4. The molecule has 2 aliphatic heterocycles. The quantitative estimate of drug-likeness (QED) is 0.503. The van der Waals surface area contributed by atoms with Crippen LogP contribution in [-0.4, -0.2) is 91.2 Å². The van der Waals surface area contributed by atoms with Gasteiger partial charge in [-0.3, -0.25) is 4.79 Å². The summed E-state index contributed by atoms with van der Waals surface area (Å²) in [6.45, 7) is 3.55. The zero-order valence-electron chi connectivity index (χ0n) is 22.2. The number of rotatable bonds is 5. The number of nitrogens with zero attached hydrogens (tertiary/aromatic N) is 7. The number of amides is 5. The van der Waals surface area contributed by atoms with E-state index in [1.54, 1.807) is 4.90 Å². The lowest BCUT2D eigenvalue weighted by Gasteiger charge is -2.45. The zero-order valence-corrected chi connectivity index (χ0v) is 22.2. The molecule has 1 fully saturated rings. The van der Waals surface area contributed by atoms with Crippen molar-refractivity contribution in [2.75, 3.05) is 14.2 Å². The van der Waals surface area contributed by atoms with Gasteiger partial charge in [-0.05, 0) is 28.8 Å². The Morgan fingerprint density at radius 2 is 1.68 bits per heavy atom. The summed E-state index contributed by atoms with van der Waals surface area (Å²) in [7, 11) is 2.14. The Balaban J connectivity index is 1.49. The van der Waals surface area contributed by atoms with E-state index in [4.69, 9.17) is 4.74 Å². The average Bonchev–Trinajstić information content (AvgIpc) is 3.60. The summed E-state index contributed by atoms with van der Waals surface area (Å²) in [5.74, 6) is 0.105. The second-order valence-electron chi connectivity index (χ2n) is 9.22. The molecule has 0 spiro atoms. The summed E-state index contributed by atoms with van der Waals surface area (Å²) < 4.78 is 9.49. The number of hydrogen-bond acceptors (Lipinski definition) is 11. The largest absolute Gasteiger partial charge is 0.452 e. The van der Waals surface area contributed by atoms with E-state index < -0.39 is 35.8 Å². The lowest BCUT2D eigenvalue weighted by atomic mass is 9.95. The minimum Gasteiger partial charge on any atom is -0.452 e. The van der Waals surface area contributed by atoms with E-state index in [1.165, 1.54) is 6.92 Å². The van der Waals surface area contributed by atoms with Crippen LogP contribution in [0, 0.1) is 0 Å². The fraction of sp³-hybridized carbons (Fsp3) is 0.308. The minimum atomic E-state index is -1.64. The highest BCUT2D eigenvalue weighted by atomic mass is 16.6. The maximum absolute atomic E-state index is 13.6. The molecule has 1 saturated heterocycles. The molecule has 0 radical (unpaired) electrons. The molecule has 14 nitrogen and oxygen atoms in total. The fourth-order valence-electron chi connectivity index (χ4n) is 5.15. The lowest BCUT2D eigenvalue weighted by molar-refractivity contribution is -0.138. The molecule has 2 aliphatic rings. The monoisotopic (exact) mass is 546 g/mol. The van der Waals surface area contributed by atoms with Gasteiger partial charge in [-0.15, -0.1) is 10.2 Å². The highest BCUT2D eigenvalue weighted by Crippen LogP contribution is 2.40. The first-order valence-corrected chi connectivity index (χ1v) is 12.4. The van der Waals surface area contributed by atoms with E-state index in [9.17, 15) is 19.2 Å². The minimum absolute atomic E-state index is 0.212. The number of methoxy groups -OCH3 is 2. The number of hydrogen-bond donors (Lipinski definition) is 1. The van der Waals surface area contributed by atoms with Gasteiger partial charge in [0, 0.05) is 18.5 Å². The van der Waals surface area contributed by atoms with Crippen LogP contribution in [0.5, 0.6) is 0 Å². The molecule has 2 aromatic carbocycles. The molecule has 1 N–H and O–H groups in total. The van der Waals surface area contributed by atoms with E-state index in [0.29, 0.717) is 27.9 Å². The van der Waals surface area contributed by atoms with Gasteiger partial charge in [0.15, 0.2) is 11.7 Å². The molecule has 40 heavy (non-hydrogen) atoms. The summed E-state index contributed by atoms with van der Waals surface area (Å²) >= 11 is 0. The van der Waals surface area contributed by atoms with Crippen LogP contribution in [-0.2, 0) is 20.8 Å². The van der Waals surface area contributed by atoms with Crippen LogP contribution >= 0.6 is 0 Å². The van der Waals surface area contributed by atoms with Crippen LogP contribution in [0.4, 0.5) is 14.4 Å². The molecule has 14 heteroatoms. The number of aromatic amines is 1. The third kappa shape index (κ3) is 4.13. The number of aromatic nitrogens is 4. The van der Waals surface area contributed by atoms with Gasteiger partial charge >= 0.3 is 18.2 Å². The highest BCUT2D eigenvalue weighted by Gasteiger charge is 2.64. The zero-order chi connectivity index (χ0) is 28.6. The van der Waals surface area contributed by atoms with Crippen LogP contribution in [0.3, 0.4) is 0 Å². The van der Waals surface area contributed by atoms with Crippen molar-refractivity contribution in [3.8, 4) is 22.5 Å². The molecule has 206 valence electrons. The normalized spacial score (nSPS) is 20.4. The van der Waals surface area contributed by atoms with Crippen molar-refractivity contribution in [3.63, 3.8) is 0 Å². The molecule has 1 aromatic heterocycles. The number of tetrazole rings is 1. The lowest BCUT2D eigenvalue weighted by Crippen LogP contribution is -2.73. The number of urea groups is 1. The number of fused-ring (bicyclic) bond motifs is 1. The summed E-state index contributed by atoms with van der Waals surface area (Å²) in [5, 5.41) is 14.3. The summed E-state index contributed by atoms with van der Waals surface area (Å²) in [5.41, 5.74) is 1.81. The van der Waals surface area contributed by atoms with Gasteiger partial charge in [0.05, 0.1) is 14.2 Å². The van der Waals surface area contributed by atoms with E-state index in [-0.39, 0.29) is 6.54 Å². The van der Waals surface area contributed by atoms with Crippen LogP contribution in [0.25, 0.3) is 22.5 Å². The Bertz CT molecular complexity index is 1510. The number of benzene rings is 2. The molecular weight excluding hydrogens is 520 g/mol. The average molecular weight is 547 g/mol. The number of H-pyrrole nitrogens is 1. The van der Waals surface area contributed by atoms with Crippen molar-refractivity contribution in [1.82, 2.24) is 35.3 Å². The number of imide groups is 4. The van der Waals surface area contributed by atoms with Crippen LogP contribution in [0.2, 0.25) is 0 Å². The second-order valence-corrected chi connectivity index (χ2v) is 9.22. The molecule has 5 rings (SSSR count). The predicted molar refractivity (Wildman–Crippen MR) is 139 cm³/mol. The number of carbonyl (C=O) groups is 4. The SMILES string of the molecule is CCC1=NC2(C)C(C(=O)N(C(=O)OC)C(=O)N2C(=O)OC)N1Cc1ccc(-c2ccccc2-c2nn[nH]n2)cc1. The smallest absolute Gasteiger partial charge is 0.424 e. The topological polar surface area (TPSA) is 163 Å². The van der Waals surface area contributed by atoms with Crippen molar-refractivity contribution in [2.45, 2.75) is 38.5 Å². The Labute approximate surface area is 228 Å². The molecular formula is C26H26N8O6. The Morgan fingerprint density at radius 1 is 1.00 bits per heavy atom. The van der Waals surface area contributed by atoms with Gasteiger partial charge in [-0.25, -0.2) is 19.4 Å². The Hall–Kier alpha value is -5.14. The first-order chi connectivity index (χ1) is 19.2. The van der Waals surface area contributed by atoms with Crippen molar-refractivity contribution >= 4 is 30.0 Å². The molecule has 0 saturated carbocycles.